The average Bonchev–Trinajstić information content (AvgIpc) is 3.09. The second kappa shape index (κ2) is 10.6. The van der Waals surface area contributed by atoms with Crippen molar-refractivity contribution in [2.75, 3.05) is 0 Å². The van der Waals surface area contributed by atoms with Gasteiger partial charge in [0.25, 0.3) is 5.91 Å². The van der Waals surface area contributed by atoms with Crippen molar-refractivity contribution < 1.29 is 9.53 Å². The van der Waals surface area contributed by atoms with Crippen molar-refractivity contribution in [1.82, 2.24) is 5.32 Å². The molecule has 0 aliphatic carbocycles. The van der Waals surface area contributed by atoms with E-state index in [4.69, 9.17) is 16.3 Å². The second-order valence-electron chi connectivity index (χ2n) is 7.05. The fraction of sp³-hybridized carbons (Fsp3) is 0.0833. The number of ether oxygens (including phenoxy) is 1. The molecule has 3 aromatic carbocycles. The van der Waals surface area contributed by atoms with Crippen LogP contribution in [0.25, 0.3) is 6.08 Å². The second-order valence-corrected chi connectivity index (χ2v) is 10.8. The van der Waals surface area contributed by atoms with E-state index in [2.05, 4.69) is 86.7 Å². The lowest BCUT2D eigenvalue weighted by Crippen LogP contribution is -2.19. The van der Waals surface area contributed by atoms with E-state index >= 15 is 0 Å². The Hall–Kier alpha value is -1.56. The van der Waals surface area contributed by atoms with Crippen LogP contribution in [0.1, 0.15) is 16.7 Å². The molecule has 0 radical (unpaired) electrons. The van der Waals surface area contributed by atoms with Crippen LogP contribution in [0.3, 0.4) is 0 Å². The third-order valence-electron chi connectivity index (χ3n) is 4.53. The summed E-state index contributed by atoms with van der Waals surface area (Å²) in [7, 11) is 0. The summed E-state index contributed by atoms with van der Waals surface area (Å²) in [5.41, 5.74) is 4.02. The van der Waals surface area contributed by atoms with Gasteiger partial charge in [-0.25, -0.2) is 4.99 Å². The van der Waals surface area contributed by atoms with Crippen LogP contribution in [0.5, 0.6) is 5.75 Å². The Bertz CT molecular complexity index is 1200. The lowest BCUT2D eigenvalue weighted by atomic mass is 10.1. The van der Waals surface area contributed by atoms with Crippen LogP contribution in [-0.4, -0.2) is 11.1 Å². The molecule has 8 heteroatoms. The number of amidine groups is 1. The van der Waals surface area contributed by atoms with Crippen molar-refractivity contribution in [2.45, 2.75) is 13.5 Å². The molecule has 32 heavy (non-hydrogen) atoms. The quantitative estimate of drug-likeness (QED) is 0.226. The van der Waals surface area contributed by atoms with Gasteiger partial charge in [-0.1, -0.05) is 41.4 Å². The van der Waals surface area contributed by atoms with E-state index in [0.29, 0.717) is 21.7 Å². The zero-order valence-corrected chi connectivity index (χ0v) is 22.8. The maximum absolute atomic E-state index is 12.4. The first-order valence-corrected chi connectivity index (χ1v) is 12.9. The normalized spacial score (nSPS) is 15.9. The van der Waals surface area contributed by atoms with Gasteiger partial charge in [-0.2, -0.15) is 0 Å². The summed E-state index contributed by atoms with van der Waals surface area (Å²) in [6.45, 7) is 2.58. The lowest BCUT2D eigenvalue weighted by molar-refractivity contribution is -0.115. The minimum atomic E-state index is -0.160. The molecule has 1 aliphatic heterocycles. The summed E-state index contributed by atoms with van der Waals surface area (Å²) < 4.78 is 8.07. The molecular weight excluding hydrogens is 670 g/mol. The van der Waals surface area contributed by atoms with Crippen LogP contribution in [-0.2, 0) is 11.4 Å². The van der Waals surface area contributed by atoms with Gasteiger partial charge in [0.05, 0.1) is 17.7 Å². The number of amides is 1. The number of carbonyl (C=O) groups excluding carboxylic acids is 1. The minimum absolute atomic E-state index is 0.160. The number of aryl methyl sites for hydroxylation is 1. The molecule has 0 atom stereocenters. The average molecular weight is 687 g/mol. The number of hydrogen-bond donors (Lipinski definition) is 1. The Morgan fingerprint density at radius 2 is 1.72 bits per heavy atom. The molecule has 3 aromatic rings. The van der Waals surface area contributed by atoms with E-state index in [9.17, 15) is 4.79 Å². The Balaban J connectivity index is 1.49. The number of benzene rings is 3. The maximum Gasteiger partial charge on any atom is 0.264 e. The van der Waals surface area contributed by atoms with E-state index in [1.54, 1.807) is 12.1 Å². The first kappa shape index (κ1) is 23.6. The predicted molar refractivity (Wildman–Crippen MR) is 150 cm³/mol. The third kappa shape index (κ3) is 6.06. The van der Waals surface area contributed by atoms with Gasteiger partial charge in [0, 0.05) is 5.02 Å². The Morgan fingerprint density at radius 1 is 1.06 bits per heavy atom. The van der Waals surface area contributed by atoms with Gasteiger partial charge in [-0.05, 0) is 117 Å². The molecular formula is C24H17ClI2N2O2S. The van der Waals surface area contributed by atoms with E-state index in [-0.39, 0.29) is 5.91 Å². The molecule has 1 heterocycles. The van der Waals surface area contributed by atoms with E-state index < -0.39 is 0 Å². The zero-order valence-electron chi connectivity index (χ0n) is 16.9. The largest absolute Gasteiger partial charge is 0.487 e. The van der Waals surface area contributed by atoms with Crippen molar-refractivity contribution >= 4 is 91.4 Å². The number of rotatable bonds is 5. The van der Waals surface area contributed by atoms with E-state index in [1.807, 2.05) is 30.3 Å². The number of halogens is 3. The van der Waals surface area contributed by atoms with Crippen molar-refractivity contribution in [3.8, 4) is 5.75 Å². The molecule has 1 N–H and O–H groups in total. The van der Waals surface area contributed by atoms with Crippen LogP contribution in [0.4, 0.5) is 5.69 Å². The van der Waals surface area contributed by atoms with Gasteiger partial charge in [0.15, 0.2) is 5.17 Å². The highest BCUT2D eigenvalue weighted by atomic mass is 127. The molecule has 1 saturated heterocycles. The summed E-state index contributed by atoms with van der Waals surface area (Å²) in [5, 5.41) is 4.01. The Labute approximate surface area is 223 Å². The first-order chi connectivity index (χ1) is 15.4. The standard InChI is InChI=1S/C24H17ClI2N2O2S/c1-14-2-4-15(5-3-14)13-31-22-19(26)10-16(11-20(22)27)12-21-23(30)29-24(32-21)28-18-8-6-17(25)7-9-18/h2-12H,13H2,1H3,(H,28,29,30)/b21-12-. The number of nitrogens with zero attached hydrogens (tertiary/aromatic N) is 1. The molecule has 0 unspecified atom stereocenters. The fourth-order valence-corrected chi connectivity index (χ4v) is 6.00. The summed E-state index contributed by atoms with van der Waals surface area (Å²) in [4.78, 5) is 17.5. The Kier molecular flexibility index (Phi) is 7.80. The van der Waals surface area contributed by atoms with Crippen molar-refractivity contribution in [1.29, 1.82) is 0 Å². The first-order valence-electron chi connectivity index (χ1n) is 9.60. The molecule has 0 saturated carbocycles. The number of hydrogen-bond acceptors (Lipinski definition) is 4. The molecule has 4 rings (SSSR count). The molecule has 1 aliphatic rings. The highest BCUT2D eigenvalue weighted by Gasteiger charge is 2.24. The predicted octanol–water partition coefficient (Wildman–Crippen LogP) is 7.33. The van der Waals surface area contributed by atoms with Gasteiger partial charge < -0.3 is 10.1 Å². The molecule has 1 fully saturated rings. The summed E-state index contributed by atoms with van der Waals surface area (Å²) >= 11 is 11.8. The SMILES string of the molecule is Cc1ccc(COc2c(I)cc(/C=C3\SC(=Nc4ccc(Cl)cc4)NC3=O)cc2I)cc1. The number of aliphatic imine (C=N–C) groups is 1. The fourth-order valence-electron chi connectivity index (χ4n) is 2.91. The van der Waals surface area contributed by atoms with Gasteiger partial charge >= 0.3 is 0 Å². The van der Waals surface area contributed by atoms with Gasteiger partial charge in [0.2, 0.25) is 0 Å². The molecule has 0 bridgehead atoms. The van der Waals surface area contributed by atoms with Crippen molar-refractivity contribution in [3.63, 3.8) is 0 Å². The highest BCUT2D eigenvalue weighted by Crippen LogP contribution is 2.33. The smallest absolute Gasteiger partial charge is 0.264 e. The zero-order chi connectivity index (χ0) is 22.7. The molecule has 1 amide bonds. The number of thioether (sulfide) groups is 1. The summed E-state index contributed by atoms with van der Waals surface area (Å²) in [5.74, 6) is 0.690. The van der Waals surface area contributed by atoms with E-state index in [1.165, 1.54) is 17.3 Å². The van der Waals surface area contributed by atoms with Crippen LogP contribution >= 0.6 is 68.5 Å². The third-order valence-corrected chi connectivity index (χ3v) is 7.29. The van der Waals surface area contributed by atoms with E-state index in [0.717, 1.165) is 29.7 Å². The monoisotopic (exact) mass is 686 g/mol. The van der Waals surface area contributed by atoms with Crippen LogP contribution in [0.2, 0.25) is 5.02 Å². The minimum Gasteiger partial charge on any atom is -0.487 e. The summed E-state index contributed by atoms with van der Waals surface area (Å²) in [6.07, 6.45) is 1.87. The van der Waals surface area contributed by atoms with Gasteiger partial charge in [-0.3, -0.25) is 4.79 Å². The molecule has 0 spiro atoms. The summed E-state index contributed by atoms with van der Waals surface area (Å²) in [6, 6.07) is 19.5. The Morgan fingerprint density at radius 3 is 2.38 bits per heavy atom. The van der Waals surface area contributed by atoms with Crippen LogP contribution in [0, 0.1) is 14.1 Å². The van der Waals surface area contributed by atoms with Gasteiger partial charge in [0.1, 0.15) is 12.4 Å². The molecule has 162 valence electrons. The van der Waals surface area contributed by atoms with Crippen LogP contribution < -0.4 is 10.1 Å². The lowest BCUT2D eigenvalue weighted by Gasteiger charge is -2.12. The van der Waals surface area contributed by atoms with Crippen molar-refractivity contribution in [2.24, 2.45) is 4.99 Å². The topological polar surface area (TPSA) is 50.7 Å². The van der Waals surface area contributed by atoms with Crippen LogP contribution in [0.15, 0.2) is 70.6 Å². The molecule has 4 nitrogen and oxygen atoms in total. The number of nitrogens with one attached hydrogen (secondary N) is 1. The highest BCUT2D eigenvalue weighted by molar-refractivity contribution is 14.1. The van der Waals surface area contributed by atoms with Gasteiger partial charge in [-0.15, -0.1) is 0 Å². The number of carbonyl (C=O) groups is 1. The maximum atomic E-state index is 12.4. The molecule has 0 aromatic heterocycles. The van der Waals surface area contributed by atoms with Crippen molar-refractivity contribution in [3.05, 3.63) is 94.4 Å².